The van der Waals surface area contributed by atoms with Gasteiger partial charge < -0.3 is 28.9 Å². The molecule has 12 heteroatoms. The van der Waals surface area contributed by atoms with Crippen molar-refractivity contribution in [3.63, 3.8) is 0 Å². The number of pyridine rings is 1. The Morgan fingerprint density at radius 2 is 1.58 bits per heavy atom. The highest BCUT2D eigenvalue weighted by molar-refractivity contribution is 7.56. The van der Waals surface area contributed by atoms with Gasteiger partial charge >= 0.3 is 13.7 Å². The summed E-state index contributed by atoms with van der Waals surface area (Å²) in [5.41, 5.74) is 2.39. The van der Waals surface area contributed by atoms with Gasteiger partial charge in [-0.15, -0.1) is 0 Å². The van der Waals surface area contributed by atoms with Crippen LogP contribution in [-0.4, -0.2) is 84.0 Å². The van der Waals surface area contributed by atoms with E-state index in [0.29, 0.717) is 12.3 Å². The van der Waals surface area contributed by atoms with Gasteiger partial charge in [-0.3, -0.25) is 14.2 Å². The van der Waals surface area contributed by atoms with Crippen molar-refractivity contribution in [3.05, 3.63) is 53.7 Å². The summed E-state index contributed by atoms with van der Waals surface area (Å²) in [6, 6.07) is 13.1. The molecule has 0 aliphatic carbocycles. The van der Waals surface area contributed by atoms with E-state index in [-0.39, 0.29) is 51.0 Å². The average molecular weight is 617 g/mol. The fourth-order valence-electron chi connectivity index (χ4n) is 4.71. The Bertz CT molecular complexity index is 1290. The Morgan fingerprint density at radius 1 is 0.977 bits per heavy atom. The SMILES string of the molecule is CCCCOC(=O)N1CCN(C(=O)[C@@](C)(NC(=O)c2cc(C(C)C)cc(-c3ccccc3)n2)P(=O)(OCC)OCC)CC1. The molecule has 3 amide bonds. The number of rotatable bonds is 13. The molecule has 0 unspecified atom stereocenters. The molecule has 0 bridgehead atoms. The number of nitrogens with zero attached hydrogens (tertiary/aromatic N) is 3. The molecule has 3 rings (SSSR count). The topological polar surface area (TPSA) is 127 Å². The quantitative estimate of drug-likeness (QED) is 0.226. The summed E-state index contributed by atoms with van der Waals surface area (Å²) >= 11 is 0. The van der Waals surface area contributed by atoms with Crippen LogP contribution in [0.1, 0.15) is 76.4 Å². The zero-order chi connectivity index (χ0) is 31.6. The molecule has 1 aromatic heterocycles. The first kappa shape index (κ1) is 34.2. The summed E-state index contributed by atoms with van der Waals surface area (Å²) in [4.78, 5) is 48.1. The number of piperazine rings is 1. The maximum Gasteiger partial charge on any atom is 0.409 e. The van der Waals surface area contributed by atoms with E-state index in [4.69, 9.17) is 13.8 Å². The largest absolute Gasteiger partial charge is 0.449 e. The first-order valence-corrected chi connectivity index (χ1v) is 16.5. The van der Waals surface area contributed by atoms with E-state index in [1.54, 1.807) is 19.9 Å². The van der Waals surface area contributed by atoms with Crippen LogP contribution in [0.3, 0.4) is 0 Å². The molecule has 43 heavy (non-hydrogen) atoms. The van der Waals surface area contributed by atoms with Gasteiger partial charge in [-0.05, 0) is 50.8 Å². The van der Waals surface area contributed by atoms with Gasteiger partial charge in [-0.1, -0.05) is 57.5 Å². The zero-order valence-corrected chi connectivity index (χ0v) is 27.0. The first-order chi connectivity index (χ1) is 20.5. The summed E-state index contributed by atoms with van der Waals surface area (Å²) in [5, 5.41) is 0.652. The van der Waals surface area contributed by atoms with Gasteiger partial charge in [0.05, 0.1) is 25.5 Å². The fourth-order valence-corrected chi connectivity index (χ4v) is 6.60. The number of carbonyl (C=O) groups is 3. The lowest BCUT2D eigenvalue weighted by atomic mass is 10.00. The van der Waals surface area contributed by atoms with Crippen LogP contribution >= 0.6 is 7.60 Å². The molecule has 2 heterocycles. The van der Waals surface area contributed by atoms with Crippen molar-refractivity contribution in [2.24, 2.45) is 0 Å². The number of unbranched alkanes of at least 4 members (excludes halogenated alkanes) is 1. The van der Waals surface area contributed by atoms with E-state index in [2.05, 4.69) is 10.3 Å². The van der Waals surface area contributed by atoms with Gasteiger partial charge in [-0.25, -0.2) is 9.78 Å². The normalized spacial score (nSPS) is 15.2. The highest BCUT2D eigenvalue weighted by Crippen LogP contribution is 2.59. The molecule has 236 valence electrons. The minimum Gasteiger partial charge on any atom is -0.449 e. The number of hydrogen-bond acceptors (Lipinski definition) is 8. The van der Waals surface area contributed by atoms with Crippen molar-refractivity contribution in [1.29, 1.82) is 0 Å². The van der Waals surface area contributed by atoms with Crippen LogP contribution in [-0.2, 0) is 23.1 Å². The molecule has 1 aliphatic rings. The summed E-state index contributed by atoms with van der Waals surface area (Å²) in [6.07, 6.45) is 1.25. The van der Waals surface area contributed by atoms with Gasteiger partial charge in [0.2, 0.25) is 5.28 Å². The second-order valence-corrected chi connectivity index (χ2v) is 13.2. The summed E-state index contributed by atoms with van der Waals surface area (Å²) < 4.78 is 30.8. The zero-order valence-electron chi connectivity index (χ0n) is 26.1. The lowest BCUT2D eigenvalue weighted by Gasteiger charge is -2.41. The van der Waals surface area contributed by atoms with Crippen LogP contribution in [0.5, 0.6) is 0 Å². The molecule has 1 N–H and O–H groups in total. The fraction of sp³-hybridized carbons (Fsp3) is 0.548. The number of nitrogens with one attached hydrogen (secondary N) is 1. The van der Waals surface area contributed by atoms with Crippen molar-refractivity contribution >= 4 is 25.5 Å². The van der Waals surface area contributed by atoms with Crippen LogP contribution < -0.4 is 5.32 Å². The summed E-state index contributed by atoms with van der Waals surface area (Å²) in [6.45, 7) is 11.8. The van der Waals surface area contributed by atoms with Crippen LogP contribution in [0.15, 0.2) is 42.5 Å². The third-order valence-electron chi connectivity index (χ3n) is 7.28. The Labute approximate surface area is 254 Å². The molecular weight excluding hydrogens is 571 g/mol. The third-order valence-corrected chi connectivity index (χ3v) is 9.88. The first-order valence-electron chi connectivity index (χ1n) is 15.0. The van der Waals surface area contributed by atoms with E-state index >= 15 is 0 Å². The second kappa shape index (κ2) is 15.5. The molecule has 1 atom stereocenters. The monoisotopic (exact) mass is 616 g/mol. The second-order valence-electron chi connectivity index (χ2n) is 10.8. The molecule has 1 fully saturated rings. The van der Waals surface area contributed by atoms with Crippen molar-refractivity contribution in [2.75, 3.05) is 46.0 Å². The number of benzene rings is 1. The van der Waals surface area contributed by atoms with E-state index in [1.165, 1.54) is 16.7 Å². The van der Waals surface area contributed by atoms with Crippen molar-refractivity contribution < 1.29 is 32.7 Å². The molecule has 0 saturated carbocycles. The number of aromatic nitrogens is 1. The molecule has 11 nitrogen and oxygen atoms in total. The smallest absolute Gasteiger partial charge is 0.409 e. The maximum atomic E-state index is 14.3. The lowest BCUT2D eigenvalue weighted by Crippen LogP contribution is -2.61. The highest BCUT2D eigenvalue weighted by atomic mass is 31.2. The molecule has 2 aromatic rings. The Kier molecular flexibility index (Phi) is 12.3. The Hall–Kier alpha value is -3.27. The third kappa shape index (κ3) is 8.22. The van der Waals surface area contributed by atoms with Crippen molar-refractivity contribution in [1.82, 2.24) is 20.1 Å². The molecule has 1 aliphatic heterocycles. The predicted molar refractivity (Wildman–Crippen MR) is 165 cm³/mol. The van der Waals surface area contributed by atoms with Gasteiger partial charge in [-0.2, -0.15) is 0 Å². The van der Waals surface area contributed by atoms with Gasteiger partial charge in [0.15, 0.2) is 0 Å². The molecule has 0 spiro atoms. The van der Waals surface area contributed by atoms with Crippen LogP contribution in [0.2, 0.25) is 0 Å². The number of hydrogen-bond donors (Lipinski definition) is 1. The number of carbonyl (C=O) groups excluding carboxylic acids is 3. The summed E-state index contributed by atoms with van der Waals surface area (Å²) in [7, 11) is -4.25. The van der Waals surface area contributed by atoms with Gasteiger partial charge in [0.25, 0.3) is 11.8 Å². The Balaban J connectivity index is 1.93. The average Bonchev–Trinajstić information content (AvgIpc) is 3.01. The minimum atomic E-state index is -4.25. The van der Waals surface area contributed by atoms with E-state index in [1.807, 2.05) is 57.2 Å². The highest BCUT2D eigenvalue weighted by Gasteiger charge is 2.56. The molecule has 1 aromatic carbocycles. The van der Waals surface area contributed by atoms with Crippen LogP contribution in [0, 0.1) is 0 Å². The van der Waals surface area contributed by atoms with E-state index < -0.39 is 30.8 Å². The number of amides is 3. The van der Waals surface area contributed by atoms with Crippen LogP contribution in [0.4, 0.5) is 4.79 Å². The number of ether oxygens (including phenoxy) is 1. The van der Waals surface area contributed by atoms with Crippen molar-refractivity contribution in [3.8, 4) is 11.3 Å². The Morgan fingerprint density at radius 3 is 2.14 bits per heavy atom. The maximum absolute atomic E-state index is 14.3. The predicted octanol–water partition coefficient (Wildman–Crippen LogP) is 5.67. The van der Waals surface area contributed by atoms with Crippen LogP contribution in [0.25, 0.3) is 11.3 Å². The molecule has 0 radical (unpaired) electrons. The molecular formula is C31H45N4O7P. The molecule has 1 saturated heterocycles. The summed E-state index contributed by atoms with van der Waals surface area (Å²) in [5.74, 6) is -1.23. The van der Waals surface area contributed by atoms with Gasteiger partial charge in [0.1, 0.15) is 5.69 Å². The lowest BCUT2D eigenvalue weighted by molar-refractivity contribution is -0.136. The van der Waals surface area contributed by atoms with Crippen molar-refractivity contribution in [2.45, 2.75) is 65.6 Å². The minimum absolute atomic E-state index is 0.00730. The van der Waals surface area contributed by atoms with E-state index in [0.717, 1.165) is 24.0 Å². The standard InChI is InChI=1S/C31H45N4O7P/c1-7-10-20-40-30(38)35-18-16-34(17-19-35)29(37)31(6,43(39,41-8-2)42-9-3)33-28(36)27-22-25(23(4)5)21-26(32-27)24-14-12-11-13-15-24/h11-15,21-23H,7-10,16-20H2,1-6H3,(H,33,36)/t31-/m0/s1. The van der Waals surface area contributed by atoms with E-state index in [9.17, 15) is 18.9 Å². The van der Waals surface area contributed by atoms with Gasteiger partial charge in [0, 0.05) is 31.7 Å².